The number of amides is 1. The first-order valence-electron chi connectivity index (χ1n) is 7.20. The number of carboxylic acids is 1. The molecule has 1 amide bonds. The van der Waals surface area contributed by atoms with E-state index in [1.807, 2.05) is 12.1 Å². The van der Waals surface area contributed by atoms with Crippen LogP contribution < -0.4 is 0 Å². The number of carboxylic acid groups (broad SMARTS) is 1. The lowest BCUT2D eigenvalue weighted by Crippen LogP contribution is -2.46. The van der Waals surface area contributed by atoms with Gasteiger partial charge in [0.1, 0.15) is 6.04 Å². The van der Waals surface area contributed by atoms with Crippen molar-refractivity contribution in [3.05, 3.63) is 53.9 Å². The Bertz CT molecular complexity index is 696. The standard InChI is InChI=1S/C16H17N3O3/c1-11(19-9-4-8-17-19)15(20)18-10-7-12-5-2-3-6-13(12)14(18)16(21)22/h2-6,8-9,11,14H,7,10H2,1H3,(H,21,22). The molecule has 0 aliphatic carbocycles. The maximum Gasteiger partial charge on any atom is 0.331 e. The van der Waals surface area contributed by atoms with Gasteiger partial charge in [0.2, 0.25) is 5.91 Å². The molecule has 2 aromatic rings. The van der Waals surface area contributed by atoms with E-state index in [-0.39, 0.29) is 5.91 Å². The van der Waals surface area contributed by atoms with Crippen LogP contribution in [0.3, 0.4) is 0 Å². The van der Waals surface area contributed by atoms with E-state index in [0.717, 1.165) is 5.56 Å². The third-order valence-corrected chi connectivity index (χ3v) is 4.08. The van der Waals surface area contributed by atoms with Gasteiger partial charge in [0.25, 0.3) is 0 Å². The lowest BCUT2D eigenvalue weighted by atomic mass is 9.92. The molecule has 2 heterocycles. The van der Waals surface area contributed by atoms with E-state index in [1.54, 1.807) is 42.2 Å². The number of aliphatic carboxylic acids is 1. The van der Waals surface area contributed by atoms with Gasteiger partial charge in [-0.3, -0.25) is 9.48 Å². The number of fused-ring (bicyclic) bond motifs is 1. The van der Waals surface area contributed by atoms with Crippen LogP contribution in [0.5, 0.6) is 0 Å². The lowest BCUT2D eigenvalue weighted by Gasteiger charge is -2.36. The van der Waals surface area contributed by atoms with Gasteiger partial charge in [-0.2, -0.15) is 5.10 Å². The van der Waals surface area contributed by atoms with Crippen molar-refractivity contribution in [2.24, 2.45) is 0 Å². The first kappa shape index (κ1) is 14.3. The van der Waals surface area contributed by atoms with Crippen LogP contribution in [0.15, 0.2) is 42.7 Å². The van der Waals surface area contributed by atoms with Gasteiger partial charge in [0, 0.05) is 18.9 Å². The van der Waals surface area contributed by atoms with E-state index >= 15 is 0 Å². The van der Waals surface area contributed by atoms with Crippen molar-refractivity contribution in [1.29, 1.82) is 0 Å². The maximum absolute atomic E-state index is 12.7. The van der Waals surface area contributed by atoms with Gasteiger partial charge in [0.15, 0.2) is 6.04 Å². The van der Waals surface area contributed by atoms with Crippen LogP contribution in [0.1, 0.15) is 30.1 Å². The molecule has 1 N–H and O–H groups in total. The first-order valence-corrected chi connectivity index (χ1v) is 7.20. The second-order valence-electron chi connectivity index (χ2n) is 5.38. The second kappa shape index (κ2) is 5.63. The Labute approximate surface area is 128 Å². The minimum absolute atomic E-state index is 0.231. The van der Waals surface area contributed by atoms with Gasteiger partial charge in [-0.05, 0) is 30.5 Å². The predicted molar refractivity (Wildman–Crippen MR) is 79.2 cm³/mol. The summed E-state index contributed by atoms with van der Waals surface area (Å²) in [5.74, 6) is -1.24. The highest BCUT2D eigenvalue weighted by Gasteiger charge is 2.37. The summed E-state index contributed by atoms with van der Waals surface area (Å²) in [7, 11) is 0. The van der Waals surface area contributed by atoms with Crippen LogP contribution >= 0.6 is 0 Å². The monoisotopic (exact) mass is 299 g/mol. The van der Waals surface area contributed by atoms with Crippen molar-refractivity contribution in [1.82, 2.24) is 14.7 Å². The number of aromatic nitrogens is 2. The second-order valence-corrected chi connectivity index (χ2v) is 5.38. The Morgan fingerprint density at radius 1 is 1.32 bits per heavy atom. The quantitative estimate of drug-likeness (QED) is 0.935. The van der Waals surface area contributed by atoms with Crippen LogP contribution in [0.25, 0.3) is 0 Å². The number of nitrogens with zero attached hydrogens (tertiary/aromatic N) is 3. The number of hydrogen-bond donors (Lipinski definition) is 1. The van der Waals surface area contributed by atoms with Gasteiger partial charge in [-0.1, -0.05) is 24.3 Å². The Kier molecular flexibility index (Phi) is 3.66. The highest BCUT2D eigenvalue weighted by Crippen LogP contribution is 2.31. The molecule has 0 radical (unpaired) electrons. The van der Waals surface area contributed by atoms with Crippen LogP contribution in [0.2, 0.25) is 0 Å². The van der Waals surface area contributed by atoms with E-state index in [0.29, 0.717) is 18.5 Å². The predicted octanol–water partition coefficient (Wildman–Crippen LogP) is 1.65. The molecular formula is C16H17N3O3. The zero-order valence-corrected chi connectivity index (χ0v) is 12.2. The van der Waals surface area contributed by atoms with Gasteiger partial charge < -0.3 is 10.0 Å². The molecular weight excluding hydrogens is 282 g/mol. The molecule has 22 heavy (non-hydrogen) atoms. The number of rotatable bonds is 3. The third kappa shape index (κ3) is 2.36. The van der Waals surface area contributed by atoms with E-state index in [4.69, 9.17) is 0 Å². The summed E-state index contributed by atoms with van der Waals surface area (Å²) in [4.78, 5) is 25.9. The van der Waals surface area contributed by atoms with Crippen molar-refractivity contribution in [3.63, 3.8) is 0 Å². The zero-order valence-electron chi connectivity index (χ0n) is 12.2. The van der Waals surface area contributed by atoms with Crippen LogP contribution in [-0.2, 0) is 16.0 Å². The Morgan fingerprint density at radius 3 is 2.77 bits per heavy atom. The highest BCUT2D eigenvalue weighted by molar-refractivity contribution is 5.87. The Balaban J connectivity index is 1.93. The van der Waals surface area contributed by atoms with Crippen LogP contribution in [-0.4, -0.2) is 38.2 Å². The molecule has 0 bridgehead atoms. The molecule has 2 unspecified atom stereocenters. The van der Waals surface area contributed by atoms with E-state index in [1.165, 1.54) is 4.90 Å². The summed E-state index contributed by atoms with van der Waals surface area (Å²) >= 11 is 0. The molecule has 0 saturated carbocycles. The van der Waals surface area contributed by atoms with Crippen molar-refractivity contribution >= 4 is 11.9 Å². The average molecular weight is 299 g/mol. The Hall–Kier alpha value is -2.63. The molecule has 3 rings (SSSR count). The molecule has 2 atom stereocenters. The molecule has 0 saturated heterocycles. The van der Waals surface area contributed by atoms with Gasteiger partial charge >= 0.3 is 5.97 Å². The molecule has 1 aliphatic rings. The van der Waals surface area contributed by atoms with E-state index < -0.39 is 18.1 Å². The molecule has 6 nitrogen and oxygen atoms in total. The summed E-state index contributed by atoms with van der Waals surface area (Å²) in [6, 6.07) is 7.68. The lowest BCUT2D eigenvalue weighted by molar-refractivity contribution is -0.152. The smallest absolute Gasteiger partial charge is 0.331 e. The maximum atomic E-state index is 12.7. The van der Waals surface area contributed by atoms with Crippen molar-refractivity contribution in [2.45, 2.75) is 25.4 Å². The largest absolute Gasteiger partial charge is 0.479 e. The number of carbonyl (C=O) groups is 2. The topological polar surface area (TPSA) is 75.4 Å². The molecule has 1 aliphatic heterocycles. The fraction of sp³-hybridized carbons (Fsp3) is 0.312. The van der Waals surface area contributed by atoms with Gasteiger partial charge in [-0.15, -0.1) is 0 Å². The van der Waals surface area contributed by atoms with E-state index in [9.17, 15) is 14.7 Å². The molecule has 0 spiro atoms. The summed E-state index contributed by atoms with van der Waals surface area (Å²) < 4.78 is 1.54. The average Bonchev–Trinajstić information content (AvgIpc) is 3.06. The molecule has 1 aromatic heterocycles. The summed E-state index contributed by atoms with van der Waals surface area (Å²) in [6.07, 6.45) is 3.97. The molecule has 1 aromatic carbocycles. The molecule has 6 heteroatoms. The van der Waals surface area contributed by atoms with Crippen LogP contribution in [0, 0.1) is 0 Å². The molecule has 0 fully saturated rings. The van der Waals surface area contributed by atoms with E-state index in [2.05, 4.69) is 5.10 Å². The number of benzene rings is 1. The minimum atomic E-state index is -1.01. The first-order chi connectivity index (χ1) is 10.6. The summed E-state index contributed by atoms with van der Waals surface area (Å²) in [6.45, 7) is 2.13. The third-order valence-electron chi connectivity index (χ3n) is 4.08. The molecule has 114 valence electrons. The van der Waals surface area contributed by atoms with Crippen molar-refractivity contribution in [3.8, 4) is 0 Å². The van der Waals surface area contributed by atoms with Gasteiger partial charge in [-0.25, -0.2) is 4.79 Å². The zero-order chi connectivity index (χ0) is 15.7. The fourth-order valence-electron chi connectivity index (χ4n) is 2.93. The summed E-state index contributed by atoms with van der Waals surface area (Å²) in [5, 5.41) is 13.7. The fourth-order valence-corrected chi connectivity index (χ4v) is 2.93. The van der Waals surface area contributed by atoms with Gasteiger partial charge in [0.05, 0.1) is 0 Å². The minimum Gasteiger partial charge on any atom is -0.479 e. The number of hydrogen-bond acceptors (Lipinski definition) is 3. The van der Waals surface area contributed by atoms with Crippen molar-refractivity contribution < 1.29 is 14.7 Å². The highest BCUT2D eigenvalue weighted by atomic mass is 16.4. The SMILES string of the molecule is CC(C(=O)N1CCc2ccccc2C1C(=O)O)n1cccn1. The van der Waals surface area contributed by atoms with Crippen LogP contribution in [0.4, 0.5) is 0 Å². The normalized spacial score (nSPS) is 18.6. The Morgan fingerprint density at radius 2 is 2.09 bits per heavy atom. The summed E-state index contributed by atoms with van der Waals surface area (Å²) in [5.41, 5.74) is 1.69. The van der Waals surface area contributed by atoms with Crippen molar-refractivity contribution in [2.75, 3.05) is 6.54 Å². The number of carbonyl (C=O) groups excluding carboxylic acids is 1.